The van der Waals surface area contributed by atoms with Crippen LogP contribution in [0.2, 0.25) is 0 Å². The highest BCUT2D eigenvalue weighted by atomic mass is 19.4. The molecule has 2 aromatic carbocycles. The summed E-state index contributed by atoms with van der Waals surface area (Å²) in [5.74, 6) is -1.95. The lowest BCUT2D eigenvalue weighted by Crippen LogP contribution is -2.27. The van der Waals surface area contributed by atoms with Crippen LogP contribution < -0.4 is 14.8 Å². The van der Waals surface area contributed by atoms with Gasteiger partial charge < -0.3 is 23.7 Å². The zero-order chi connectivity index (χ0) is 25.9. The minimum atomic E-state index is -4.74. The van der Waals surface area contributed by atoms with Gasteiger partial charge in [-0.1, -0.05) is 5.16 Å². The van der Waals surface area contributed by atoms with Crippen LogP contribution in [0.1, 0.15) is 16.4 Å². The van der Waals surface area contributed by atoms with E-state index in [9.17, 15) is 31.1 Å². The van der Waals surface area contributed by atoms with Crippen molar-refractivity contribution in [3.05, 3.63) is 60.2 Å². The molecule has 0 fully saturated rings. The number of nitrogens with zero attached hydrogens (tertiary/aromatic N) is 2. The van der Waals surface area contributed by atoms with Gasteiger partial charge >= 0.3 is 18.2 Å². The molecule has 0 saturated carbocycles. The Labute approximate surface area is 197 Å². The molecule has 0 saturated heterocycles. The van der Waals surface area contributed by atoms with E-state index in [2.05, 4.69) is 24.7 Å². The molecule has 0 aliphatic heterocycles. The maximum atomic E-state index is 12.6. The minimum Gasteiger partial charge on any atom is -0.492 e. The van der Waals surface area contributed by atoms with Crippen LogP contribution in [-0.2, 0) is 6.18 Å². The van der Waals surface area contributed by atoms with E-state index < -0.39 is 30.8 Å². The van der Waals surface area contributed by atoms with Crippen molar-refractivity contribution in [3.63, 3.8) is 0 Å². The van der Waals surface area contributed by atoms with Gasteiger partial charge in [0.1, 0.15) is 23.7 Å². The lowest BCUT2D eigenvalue weighted by atomic mass is 10.2. The van der Waals surface area contributed by atoms with Gasteiger partial charge in [-0.3, -0.25) is 4.79 Å². The van der Waals surface area contributed by atoms with Crippen LogP contribution in [0.4, 0.5) is 26.3 Å². The average molecular weight is 515 g/mol. The number of furan rings is 1. The molecule has 0 unspecified atom stereocenters. The summed E-state index contributed by atoms with van der Waals surface area (Å²) in [6.45, 7) is -1.30. The summed E-state index contributed by atoms with van der Waals surface area (Å²) in [6, 6.07) is 11.2. The fraction of sp³-hybridized carbons (Fsp3) is 0.227. The largest absolute Gasteiger partial charge is 0.492 e. The molecule has 0 aliphatic rings. The highest BCUT2D eigenvalue weighted by Crippen LogP contribution is 2.30. The number of amides is 1. The van der Waals surface area contributed by atoms with Gasteiger partial charge in [0.2, 0.25) is 5.82 Å². The second-order valence-electron chi connectivity index (χ2n) is 7.26. The number of nitrogens with one attached hydrogen (secondary N) is 1. The first kappa shape index (κ1) is 24.9. The van der Waals surface area contributed by atoms with Gasteiger partial charge in [0.25, 0.3) is 5.91 Å². The Morgan fingerprint density at radius 3 is 2.33 bits per heavy atom. The third-order valence-corrected chi connectivity index (χ3v) is 4.55. The molecular formula is C22H15F6N3O5. The van der Waals surface area contributed by atoms with Gasteiger partial charge in [0, 0.05) is 10.9 Å². The van der Waals surface area contributed by atoms with Gasteiger partial charge in [0.15, 0.2) is 12.4 Å². The molecule has 14 heteroatoms. The number of halogens is 6. The Morgan fingerprint density at radius 1 is 0.944 bits per heavy atom. The number of alkyl halides is 6. The summed E-state index contributed by atoms with van der Waals surface area (Å²) in [6.07, 6.45) is -9.22. The predicted molar refractivity (Wildman–Crippen MR) is 110 cm³/mol. The number of aromatic nitrogens is 2. The molecule has 2 heterocycles. The molecule has 2 aromatic heterocycles. The Hall–Kier alpha value is -4.23. The standard InChI is InChI=1S/C22H15F6N3O5/c23-21(24,25)11-34-15-5-6-16-13(9-15)10-17(35-16)19(32)29-7-8-33-14-3-1-12(2-4-14)18-30-20(36-31-18)22(26,27)28/h1-6,9-10H,7-8,11H2,(H,29,32). The van der Waals surface area contributed by atoms with Crippen molar-refractivity contribution in [3.8, 4) is 22.9 Å². The van der Waals surface area contributed by atoms with Crippen LogP contribution in [0.3, 0.4) is 0 Å². The third-order valence-electron chi connectivity index (χ3n) is 4.55. The van der Waals surface area contributed by atoms with E-state index in [1.807, 2.05) is 0 Å². The van der Waals surface area contributed by atoms with Gasteiger partial charge in [-0.15, -0.1) is 0 Å². The summed E-state index contributed by atoms with van der Waals surface area (Å²) < 4.78 is 94.3. The molecule has 4 aromatic rings. The summed E-state index contributed by atoms with van der Waals surface area (Å²) >= 11 is 0. The van der Waals surface area contributed by atoms with E-state index in [1.165, 1.54) is 48.5 Å². The first-order chi connectivity index (χ1) is 17.0. The van der Waals surface area contributed by atoms with E-state index in [0.29, 0.717) is 16.7 Å². The number of carbonyl (C=O) groups excluding carboxylic acids is 1. The normalized spacial score (nSPS) is 12.1. The Balaban J connectivity index is 1.26. The quantitative estimate of drug-likeness (QED) is 0.253. The van der Waals surface area contributed by atoms with E-state index in [-0.39, 0.29) is 36.0 Å². The molecule has 4 rings (SSSR count). The van der Waals surface area contributed by atoms with Crippen molar-refractivity contribution in [2.45, 2.75) is 12.4 Å². The number of fused-ring (bicyclic) bond motifs is 1. The van der Waals surface area contributed by atoms with Crippen LogP contribution in [0.5, 0.6) is 11.5 Å². The molecule has 36 heavy (non-hydrogen) atoms. The van der Waals surface area contributed by atoms with Crippen molar-refractivity contribution in [2.75, 3.05) is 19.8 Å². The number of benzene rings is 2. The number of rotatable bonds is 8. The van der Waals surface area contributed by atoms with Crippen LogP contribution in [0.25, 0.3) is 22.4 Å². The van der Waals surface area contributed by atoms with Crippen LogP contribution in [-0.4, -0.2) is 42.0 Å². The molecule has 190 valence electrons. The number of carbonyl (C=O) groups is 1. The van der Waals surface area contributed by atoms with E-state index in [4.69, 9.17) is 9.15 Å². The first-order valence-corrected chi connectivity index (χ1v) is 10.1. The average Bonchev–Trinajstić information content (AvgIpc) is 3.47. The lowest BCUT2D eigenvalue weighted by molar-refractivity contribution is -0.159. The fourth-order valence-electron chi connectivity index (χ4n) is 2.96. The molecule has 1 amide bonds. The van der Waals surface area contributed by atoms with E-state index >= 15 is 0 Å². The smallest absolute Gasteiger partial charge is 0.471 e. The molecule has 0 aliphatic carbocycles. The SMILES string of the molecule is O=C(NCCOc1ccc(-c2noc(C(F)(F)F)n2)cc1)c1cc2cc(OCC(F)(F)F)ccc2o1. The molecule has 0 spiro atoms. The second-order valence-corrected chi connectivity index (χ2v) is 7.26. The summed E-state index contributed by atoms with van der Waals surface area (Å²) in [7, 11) is 0. The molecule has 0 radical (unpaired) electrons. The number of ether oxygens (including phenoxy) is 2. The maximum Gasteiger partial charge on any atom is 0.471 e. The molecule has 0 atom stereocenters. The summed E-state index contributed by atoms with van der Waals surface area (Å²) in [5, 5.41) is 6.25. The van der Waals surface area contributed by atoms with Gasteiger partial charge in [-0.05, 0) is 48.5 Å². The number of hydrogen-bond donors (Lipinski definition) is 1. The minimum absolute atomic E-state index is 0.0212. The topological polar surface area (TPSA) is 99.6 Å². The Bertz CT molecular complexity index is 1340. The summed E-state index contributed by atoms with van der Waals surface area (Å²) in [5.41, 5.74) is 0.576. The van der Waals surface area contributed by atoms with Crippen LogP contribution in [0, 0.1) is 0 Å². The van der Waals surface area contributed by atoms with Crippen LogP contribution >= 0.6 is 0 Å². The van der Waals surface area contributed by atoms with Crippen LogP contribution in [0.15, 0.2) is 57.5 Å². The highest BCUT2D eigenvalue weighted by Gasteiger charge is 2.38. The van der Waals surface area contributed by atoms with Crippen molar-refractivity contribution in [1.82, 2.24) is 15.5 Å². The number of hydrogen-bond acceptors (Lipinski definition) is 7. The molecule has 8 nitrogen and oxygen atoms in total. The van der Waals surface area contributed by atoms with Gasteiger partial charge in [0.05, 0.1) is 6.54 Å². The van der Waals surface area contributed by atoms with Crippen molar-refractivity contribution >= 4 is 16.9 Å². The van der Waals surface area contributed by atoms with Crippen molar-refractivity contribution in [2.24, 2.45) is 0 Å². The van der Waals surface area contributed by atoms with Crippen molar-refractivity contribution < 1.29 is 49.6 Å². The predicted octanol–water partition coefficient (Wildman–Crippen LogP) is 5.25. The highest BCUT2D eigenvalue weighted by molar-refractivity contribution is 5.96. The maximum absolute atomic E-state index is 12.6. The van der Waals surface area contributed by atoms with E-state index in [1.54, 1.807) is 0 Å². The molecule has 0 bridgehead atoms. The Kier molecular flexibility index (Phi) is 6.77. The summed E-state index contributed by atoms with van der Waals surface area (Å²) in [4.78, 5) is 15.6. The van der Waals surface area contributed by atoms with Crippen molar-refractivity contribution in [1.29, 1.82) is 0 Å². The van der Waals surface area contributed by atoms with Gasteiger partial charge in [-0.2, -0.15) is 31.3 Å². The second kappa shape index (κ2) is 9.79. The van der Waals surface area contributed by atoms with E-state index in [0.717, 1.165) is 0 Å². The zero-order valence-corrected chi connectivity index (χ0v) is 17.9. The Morgan fingerprint density at radius 2 is 1.67 bits per heavy atom. The molecule has 1 N–H and O–H groups in total. The van der Waals surface area contributed by atoms with Gasteiger partial charge in [-0.25, -0.2) is 0 Å². The lowest BCUT2D eigenvalue weighted by Gasteiger charge is -2.08. The zero-order valence-electron chi connectivity index (χ0n) is 17.9. The molecular weight excluding hydrogens is 500 g/mol. The fourth-order valence-corrected chi connectivity index (χ4v) is 2.96. The monoisotopic (exact) mass is 515 g/mol. The third kappa shape index (κ3) is 6.25. The first-order valence-electron chi connectivity index (χ1n) is 10.1.